The van der Waals surface area contributed by atoms with E-state index in [0.717, 1.165) is 10.7 Å². The maximum atomic E-state index is 13.1. The maximum Gasteiger partial charge on any atom is 0.308 e. The van der Waals surface area contributed by atoms with Crippen molar-refractivity contribution in [2.24, 2.45) is 5.92 Å². The molecule has 1 aliphatic rings. The van der Waals surface area contributed by atoms with E-state index in [9.17, 15) is 14.7 Å². The number of hydrogen-bond acceptors (Lipinski definition) is 4. The molecule has 0 spiro atoms. The van der Waals surface area contributed by atoms with Crippen LogP contribution in [0.25, 0.3) is 6.08 Å². The summed E-state index contributed by atoms with van der Waals surface area (Å²) < 4.78 is 5.61. The summed E-state index contributed by atoms with van der Waals surface area (Å²) >= 11 is 1.58. The number of hydrogen-bond donors (Lipinski definition) is 1. The van der Waals surface area contributed by atoms with Crippen molar-refractivity contribution < 1.29 is 19.1 Å². The molecule has 3 rings (SSSR count). The predicted octanol–water partition coefficient (Wildman–Crippen LogP) is 4.09. The molecule has 0 saturated carbocycles. The number of aliphatic carboxylic acids is 1. The Morgan fingerprint density at radius 1 is 1.26 bits per heavy atom. The fraction of sp³-hybridized carbons (Fsp3) is 0.333. The van der Waals surface area contributed by atoms with Gasteiger partial charge >= 0.3 is 5.97 Å². The Balaban J connectivity index is 1.78. The largest absolute Gasteiger partial charge is 0.481 e. The lowest BCUT2D eigenvalue weighted by atomic mass is 9.97. The number of piperidine rings is 1. The van der Waals surface area contributed by atoms with Crippen molar-refractivity contribution in [3.63, 3.8) is 0 Å². The molecule has 1 aromatic heterocycles. The second-order valence-electron chi connectivity index (χ2n) is 6.65. The van der Waals surface area contributed by atoms with Crippen LogP contribution in [0.1, 0.15) is 24.4 Å². The second kappa shape index (κ2) is 8.95. The fourth-order valence-electron chi connectivity index (χ4n) is 3.11. The molecule has 2 heterocycles. The molecule has 142 valence electrons. The van der Waals surface area contributed by atoms with Gasteiger partial charge in [-0.05, 0) is 50.1 Å². The first kappa shape index (κ1) is 19.3. The summed E-state index contributed by atoms with van der Waals surface area (Å²) in [6.45, 7) is 2.71. The van der Waals surface area contributed by atoms with Crippen LogP contribution in [-0.2, 0) is 9.59 Å². The van der Waals surface area contributed by atoms with Gasteiger partial charge in [0.25, 0.3) is 5.91 Å². The smallest absolute Gasteiger partial charge is 0.308 e. The van der Waals surface area contributed by atoms with Crippen molar-refractivity contribution in [1.82, 2.24) is 4.90 Å². The summed E-state index contributed by atoms with van der Waals surface area (Å²) in [5, 5.41) is 9.29. The number of carbonyl (C=O) groups excluding carboxylic acids is 1. The van der Waals surface area contributed by atoms with E-state index in [1.54, 1.807) is 22.7 Å². The lowest BCUT2D eigenvalue weighted by Gasteiger charge is -2.31. The van der Waals surface area contributed by atoms with Crippen molar-refractivity contribution in [2.45, 2.75) is 24.7 Å². The van der Waals surface area contributed by atoms with Gasteiger partial charge in [-0.3, -0.25) is 9.59 Å². The first-order valence-corrected chi connectivity index (χ1v) is 9.98. The summed E-state index contributed by atoms with van der Waals surface area (Å²) in [7, 11) is 0. The van der Waals surface area contributed by atoms with Gasteiger partial charge in [-0.15, -0.1) is 11.8 Å². The van der Waals surface area contributed by atoms with E-state index < -0.39 is 11.9 Å². The van der Waals surface area contributed by atoms with Crippen LogP contribution in [0.4, 0.5) is 0 Å². The molecule has 1 N–H and O–H groups in total. The predicted molar refractivity (Wildman–Crippen MR) is 106 cm³/mol. The highest BCUT2D eigenvalue weighted by Gasteiger charge is 2.29. The number of furan rings is 1. The van der Waals surface area contributed by atoms with Gasteiger partial charge in [-0.1, -0.05) is 18.2 Å². The standard InChI is InChI=1S/C21H23NO4S/c1-15-9-10-18(26-15)12-17(14-27-19-7-3-2-4-8-19)20(23)22-11-5-6-16(13-22)21(24)25/h2-4,7-10,12,16H,5-6,11,13-14H2,1H3,(H,24,25)/b17-12+/t16-/m0/s1. The molecule has 1 fully saturated rings. The average Bonchev–Trinajstić information content (AvgIpc) is 3.10. The van der Waals surface area contributed by atoms with Gasteiger partial charge in [0.05, 0.1) is 5.92 Å². The zero-order valence-electron chi connectivity index (χ0n) is 15.3. The third-order valence-electron chi connectivity index (χ3n) is 4.55. The van der Waals surface area contributed by atoms with E-state index in [2.05, 4.69) is 0 Å². The quantitative estimate of drug-likeness (QED) is 0.599. The van der Waals surface area contributed by atoms with Crippen molar-refractivity contribution in [1.29, 1.82) is 0 Å². The average molecular weight is 385 g/mol. The van der Waals surface area contributed by atoms with Gasteiger partial charge in [-0.25, -0.2) is 0 Å². The molecule has 0 aliphatic carbocycles. The first-order valence-electron chi connectivity index (χ1n) is 9.00. The van der Waals surface area contributed by atoms with E-state index >= 15 is 0 Å². The van der Waals surface area contributed by atoms with Crippen LogP contribution in [0.2, 0.25) is 0 Å². The molecule has 1 aliphatic heterocycles. The van der Waals surface area contributed by atoms with Crippen LogP contribution in [0, 0.1) is 12.8 Å². The molecule has 1 amide bonds. The lowest BCUT2D eigenvalue weighted by Crippen LogP contribution is -2.43. The van der Waals surface area contributed by atoms with E-state index in [1.165, 1.54) is 0 Å². The monoisotopic (exact) mass is 385 g/mol. The molecule has 27 heavy (non-hydrogen) atoms. The maximum absolute atomic E-state index is 13.1. The normalized spacial score (nSPS) is 17.7. The Morgan fingerprint density at radius 3 is 2.70 bits per heavy atom. The van der Waals surface area contributed by atoms with Gasteiger partial charge in [0.2, 0.25) is 0 Å². The van der Waals surface area contributed by atoms with Crippen LogP contribution in [0.5, 0.6) is 0 Å². The molecule has 6 heteroatoms. The zero-order chi connectivity index (χ0) is 19.2. The second-order valence-corrected chi connectivity index (χ2v) is 7.70. The molecule has 0 unspecified atom stereocenters. The summed E-state index contributed by atoms with van der Waals surface area (Å²) in [5.74, 6) is 0.481. The summed E-state index contributed by atoms with van der Waals surface area (Å²) in [6.07, 6.45) is 3.10. The number of nitrogens with zero attached hydrogens (tertiary/aromatic N) is 1. The van der Waals surface area contributed by atoms with Gasteiger partial charge in [0.1, 0.15) is 11.5 Å². The fourth-order valence-corrected chi connectivity index (χ4v) is 3.99. The number of carboxylic acid groups (broad SMARTS) is 1. The molecular weight excluding hydrogens is 362 g/mol. The Hall–Kier alpha value is -2.47. The highest BCUT2D eigenvalue weighted by atomic mass is 32.2. The first-order chi connectivity index (χ1) is 13.0. The minimum atomic E-state index is -0.835. The van der Waals surface area contributed by atoms with Crippen LogP contribution in [0.3, 0.4) is 0 Å². The molecule has 1 aromatic carbocycles. The van der Waals surface area contributed by atoms with Crippen molar-refractivity contribution in [3.05, 3.63) is 59.6 Å². The summed E-state index contributed by atoms with van der Waals surface area (Å²) in [6, 6.07) is 13.6. The number of rotatable bonds is 6. The number of benzene rings is 1. The Kier molecular flexibility index (Phi) is 6.40. The van der Waals surface area contributed by atoms with Gasteiger partial charge in [-0.2, -0.15) is 0 Å². The molecule has 1 atom stereocenters. The van der Waals surface area contributed by atoms with Crippen LogP contribution in [-0.4, -0.2) is 40.7 Å². The van der Waals surface area contributed by atoms with Crippen LogP contribution >= 0.6 is 11.8 Å². The van der Waals surface area contributed by atoms with Crippen molar-refractivity contribution >= 4 is 29.7 Å². The van der Waals surface area contributed by atoms with Gasteiger partial charge in [0, 0.05) is 29.3 Å². The van der Waals surface area contributed by atoms with E-state index in [-0.39, 0.29) is 12.5 Å². The Bertz CT molecular complexity index is 828. The third-order valence-corrected chi connectivity index (χ3v) is 5.61. The van der Waals surface area contributed by atoms with E-state index in [0.29, 0.717) is 36.5 Å². The van der Waals surface area contributed by atoms with Crippen LogP contribution in [0.15, 0.2) is 57.4 Å². The Labute approximate surface area is 163 Å². The van der Waals surface area contributed by atoms with E-state index in [4.69, 9.17) is 4.42 Å². The van der Waals surface area contributed by atoms with Crippen LogP contribution < -0.4 is 0 Å². The summed E-state index contributed by atoms with van der Waals surface area (Å²) in [5.41, 5.74) is 0.615. The number of amides is 1. The highest BCUT2D eigenvalue weighted by molar-refractivity contribution is 7.99. The minimum Gasteiger partial charge on any atom is -0.481 e. The zero-order valence-corrected chi connectivity index (χ0v) is 16.1. The molecule has 5 nitrogen and oxygen atoms in total. The number of thioether (sulfide) groups is 1. The molecular formula is C21H23NO4S. The highest BCUT2D eigenvalue weighted by Crippen LogP contribution is 2.25. The lowest BCUT2D eigenvalue weighted by molar-refractivity contribution is -0.145. The Morgan fingerprint density at radius 2 is 2.04 bits per heavy atom. The van der Waals surface area contributed by atoms with Gasteiger partial charge < -0.3 is 14.4 Å². The molecule has 1 saturated heterocycles. The molecule has 2 aromatic rings. The minimum absolute atomic E-state index is 0.113. The number of carboxylic acids is 1. The van der Waals surface area contributed by atoms with Crippen molar-refractivity contribution in [3.8, 4) is 0 Å². The van der Waals surface area contributed by atoms with E-state index in [1.807, 2.05) is 49.4 Å². The van der Waals surface area contributed by atoms with Crippen molar-refractivity contribution in [2.75, 3.05) is 18.8 Å². The SMILES string of the molecule is Cc1ccc(/C=C(\CSc2ccccc2)C(=O)N2CCC[C@H](C(=O)O)C2)o1. The number of aryl methyl sites for hydroxylation is 1. The summed E-state index contributed by atoms with van der Waals surface area (Å²) in [4.78, 5) is 27.2. The molecule has 0 radical (unpaired) electrons. The number of carbonyl (C=O) groups is 2. The number of likely N-dealkylation sites (tertiary alicyclic amines) is 1. The third kappa shape index (κ3) is 5.26. The van der Waals surface area contributed by atoms with Gasteiger partial charge in [0.15, 0.2) is 0 Å². The topological polar surface area (TPSA) is 70.8 Å². The molecule has 0 bridgehead atoms.